The summed E-state index contributed by atoms with van der Waals surface area (Å²) in [6.07, 6.45) is 14.1. The highest BCUT2D eigenvalue weighted by Gasteiger charge is 2.40. The number of likely N-dealkylation sites (tertiary alicyclic amines) is 2. The minimum atomic E-state index is -0.656. The average Bonchev–Trinajstić information content (AvgIpc) is 3.68. The fraction of sp³-hybridized carbons (Fsp3) is 0.500. The summed E-state index contributed by atoms with van der Waals surface area (Å²) in [4.78, 5) is 84.7. The summed E-state index contributed by atoms with van der Waals surface area (Å²) >= 11 is 0. The van der Waals surface area contributed by atoms with Crippen LogP contribution in [0.3, 0.4) is 0 Å². The van der Waals surface area contributed by atoms with E-state index in [9.17, 15) is 28.8 Å². The molecule has 0 saturated carbocycles. The number of aromatic nitrogens is 1. The quantitative estimate of drug-likeness (QED) is 0.0729. The van der Waals surface area contributed by atoms with Gasteiger partial charge in [-0.3, -0.25) is 39.1 Å². The second-order valence-corrected chi connectivity index (χ2v) is 17.4. The molecule has 3 N–H and O–H groups in total. The molecule has 6 amide bonds. The summed E-state index contributed by atoms with van der Waals surface area (Å²) in [5, 5.41) is 8.61. The normalized spacial score (nSPS) is 18.2. The second kappa shape index (κ2) is 24.5. The molecule has 1 unspecified atom stereocenters. The molecule has 1 atom stereocenters. The van der Waals surface area contributed by atoms with Crippen LogP contribution < -0.4 is 16.0 Å². The van der Waals surface area contributed by atoms with Gasteiger partial charge in [-0.15, -0.1) is 0 Å². The average molecular weight is 906 g/mol. The monoisotopic (exact) mass is 905 g/mol. The predicted octanol–water partition coefficient (Wildman–Crippen LogP) is 4.56. The molecule has 352 valence electrons. The third-order valence-electron chi connectivity index (χ3n) is 12.9. The first kappa shape index (κ1) is 48.0. The van der Waals surface area contributed by atoms with Crippen molar-refractivity contribution in [2.75, 3.05) is 84.2 Å². The maximum Gasteiger partial charge on any atom is 0.255 e. The molecule has 4 aliphatic rings. The fourth-order valence-electron chi connectivity index (χ4n) is 9.14. The zero-order valence-electron chi connectivity index (χ0n) is 37.8. The molecule has 5 heterocycles. The van der Waals surface area contributed by atoms with E-state index in [4.69, 9.17) is 14.2 Å². The Kier molecular flexibility index (Phi) is 17.8. The van der Waals surface area contributed by atoms with Crippen LogP contribution >= 0.6 is 0 Å². The lowest BCUT2D eigenvalue weighted by molar-refractivity contribution is -0.138. The number of piperidine rings is 3. The Morgan fingerprint density at radius 1 is 0.788 bits per heavy atom. The first-order chi connectivity index (χ1) is 32.2. The first-order valence-corrected chi connectivity index (χ1v) is 23.5. The number of benzene rings is 2. The summed E-state index contributed by atoms with van der Waals surface area (Å²) in [7, 11) is 0. The van der Waals surface area contributed by atoms with Crippen LogP contribution in [0.4, 0.5) is 5.69 Å². The lowest BCUT2D eigenvalue weighted by atomic mass is 9.88. The Morgan fingerprint density at radius 2 is 1.53 bits per heavy atom. The minimum Gasteiger partial charge on any atom is -0.382 e. The number of unbranched alkanes of at least 4 members (excludes halogenated alkanes) is 1. The number of nitrogens with one attached hydrogen (secondary N) is 3. The van der Waals surface area contributed by atoms with Crippen LogP contribution in [-0.4, -0.2) is 140 Å². The van der Waals surface area contributed by atoms with Crippen LogP contribution in [0.1, 0.15) is 101 Å². The van der Waals surface area contributed by atoms with E-state index in [1.54, 1.807) is 36.7 Å². The maximum atomic E-state index is 13.3. The van der Waals surface area contributed by atoms with Crippen LogP contribution in [0.25, 0.3) is 6.08 Å². The SMILES string of the molecule is O=C(/C=C/c1cccnc1)NCCCCC1CCN(C(=O)c2ccc(C3CCN(C(=O)COCCOCCOCCNc4cccc5c4CN(C4CCC(=O)NC4=O)C5=O)CC3)cc2)CC1. The third kappa shape index (κ3) is 13.5. The van der Waals surface area contributed by atoms with Crippen LogP contribution in [0, 0.1) is 5.92 Å². The maximum absolute atomic E-state index is 13.3. The van der Waals surface area contributed by atoms with E-state index in [0.29, 0.717) is 89.6 Å². The van der Waals surface area contributed by atoms with Gasteiger partial charge in [0.15, 0.2) is 0 Å². The fourth-order valence-corrected chi connectivity index (χ4v) is 9.14. The molecule has 66 heavy (non-hydrogen) atoms. The lowest BCUT2D eigenvalue weighted by Crippen LogP contribution is -2.52. The van der Waals surface area contributed by atoms with E-state index >= 15 is 0 Å². The van der Waals surface area contributed by atoms with Crippen molar-refractivity contribution >= 4 is 47.2 Å². The summed E-state index contributed by atoms with van der Waals surface area (Å²) < 4.78 is 16.9. The van der Waals surface area contributed by atoms with Gasteiger partial charge in [-0.1, -0.05) is 37.1 Å². The van der Waals surface area contributed by atoms with Crippen molar-refractivity contribution in [3.8, 4) is 0 Å². The lowest BCUT2D eigenvalue weighted by Gasteiger charge is -2.33. The Hall–Kier alpha value is -5.97. The van der Waals surface area contributed by atoms with E-state index in [0.717, 1.165) is 80.4 Å². The van der Waals surface area contributed by atoms with Crippen LogP contribution in [-0.2, 0) is 39.9 Å². The molecule has 4 aliphatic heterocycles. The largest absolute Gasteiger partial charge is 0.382 e. The Balaban J connectivity index is 0.684. The number of carbonyl (C=O) groups is 6. The third-order valence-corrected chi connectivity index (χ3v) is 12.9. The summed E-state index contributed by atoms with van der Waals surface area (Å²) in [6.45, 7) is 6.18. The van der Waals surface area contributed by atoms with Crippen LogP contribution in [0.5, 0.6) is 0 Å². The van der Waals surface area contributed by atoms with Crippen molar-refractivity contribution in [3.05, 3.63) is 101 Å². The van der Waals surface area contributed by atoms with E-state index < -0.39 is 11.9 Å². The topological polar surface area (TPSA) is 189 Å². The van der Waals surface area contributed by atoms with Crippen LogP contribution in [0.15, 0.2) is 73.1 Å². The minimum absolute atomic E-state index is 0.0103. The molecule has 1 aromatic heterocycles. The van der Waals surface area contributed by atoms with Gasteiger partial charge >= 0.3 is 0 Å². The van der Waals surface area contributed by atoms with Gasteiger partial charge in [0.25, 0.3) is 11.8 Å². The summed E-state index contributed by atoms with van der Waals surface area (Å²) in [6, 6.07) is 16.6. The van der Waals surface area contributed by atoms with Gasteiger partial charge in [-0.2, -0.15) is 0 Å². The van der Waals surface area contributed by atoms with Gasteiger partial charge in [0.1, 0.15) is 12.6 Å². The zero-order valence-corrected chi connectivity index (χ0v) is 37.8. The number of imide groups is 1. The highest BCUT2D eigenvalue weighted by molar-refractivity contribution is 6.06. The van der Waals surface area contributed by atoms with Crippen molar-refractivity contribution in [3.63, 3.8) is 0 Å². The number of anilines is 1. The summed E-state index contributed by atoms with van der Waals surface area (Å²) in [5.41, 5.74) is 5.00. The number of pyridine rings is 1. The smallest absolute Gasteiger partial charge is 0.255 e. The molecule has 0 radical (unpaired) electrons. The van der Waals surface area contributed by atoms with E-state index in [2.05, 4.69) is 33.1 Å². The van der Waals surface area contributed by atoms with E-state index in [-0.39, 0.29) is 42.6 Å². The number of rotatable bonds is 22. The number of hydrogen-bond acceptors (Lipinski definition) is 11. The number of fused-ring (bicyclic) bond motifs is 1. The molecule has 3 fully saturated rings. The molecular formula is C50H63N7O9. The van der Waals surface area contributed by atoms with Gasteiger partial charge in [0, 0.05) is 93.1 Å². The molecule has 0 spiro atoms. The molecule has 16 heteroatoms. The number of amides is 6. The van der Waals surface area contributed by atoms with Crippen LogP contribution in [0.2, 0.25) is 0 Å². The predicted molar refractivity (Wildman–Crippen MR) is 247 cm³/mol. The molecule has 3 aromatic rings. The molecule has 2 aromatic carbocycles. The Labute approximate surface area is 386 Å². The standard InChI is InChI=1S/C50H63N7O9/c58-45(15-9-37-6-4-21-51-33-37)53-22-2-1-5-36-17-24-56(25-18-36)49(62)40-12-10-38(11-13-40)39-19-26-55(27-20-39)47(60)35-66-32-31-65-30-29-64-28-23-52-43-8-3-7-41-42(43)34-57(50(41)63)44-14-16-46(59)54-48(44)61/h3-4,6-13,15,21,33,36,39,44,52H,1-2,5,14,16-20,22-32,34-35H2,(H,53,58)(H,54,59,61)/b15-9+. The van der Waals surface area contributed by atoms with Crippen molar-refractivity contribution in [1.29, 1.82) is 0 Å². The highest BCUT2D eigenvalue weighted by Crippen LogP contribution is 2.33. The molecule has 0 aliphatic carbocycles. The van der Waals surface area contributed by atoms with Gasteiger partial charge in [0.05, 0.1) is 33.0 Å². The van der Waals surface area contributed by atoms with Gasteiger partial charge in [-0.05, 0) is 97.9 Å². The number of ether oxygens (including phenoxy) is 3. The molecule has 3 saturated heterocycles. The molecule has 7 rings (SSSR count). The van der Waals surface area contributed by atoms with Gasteiger partial charge in [0.2, 0.25) is 23.6 Å². The molecular weight excluding hydrogens is 843 g/mol. The summed E-state index contributed by atoms with van der Waals surface area (Å²) in [5.74, 6) is -0.0589. The highest BCUT2D eigenvalue weighted by atomic mass is 16.5. The first-order valence-electron chi connectivity index (χ1n) is 23.5. The molecule has 16 nitrogen and oxygen atoms in total. The number of carbonyl (C=O) groups excluding carboxylic acids is 6. The van der Waals surface area contributed by atoms with Crippen molar-refractivity contribution in [1.82, 2.24) is 30.3 Å². The van der Waals surface area contributed by atoms with Crippen molar-refractivity contribution < 1.29 is 43.0 Å². The van der Waals surface area contributed by atoms with E-state index in [1.807, 2.05) is 40.1 Å². The van der Waals surface area contributed by atoms with Gasteiger partial charge in [-0.25, -0.2) is 0 Å². The second-order valence-electron chi connectivity index (χ2n) is 17.4. The van der Waals surface area contributed by atoms with E-state index in [1.165, 1.54) is 10.5 Å². The zero-order chi connectivity index (χ0) is 46.1. The van der Waals surface area contributed by atoms with Crippen molar-refractivity contribution in [2.24, 2.45) is 5.92 Å². The Bertz CT molecular complexity index is 2150. The Morgan fingerprint density at radius 3 is 2.27 bits per heavy atom. The van der Waals surface area contributed by atoms with Crippen molar-refractivity contribution in [2.45, 2.75) is 76.3 Å². The molecule has 0 bridgehead atoms. The number of nitrogens with zero attached hydrogens (tertiary/aromatic N) is 4. The van der Waals surface area contributed by atoms with Gasteiger partial charge < -0.3 is 39.5 Å². The number of hydrogen-bond donors (Lipinski definition) is 3.